The van der Waals surface area contributed by atoms with Crippen LogP contribution in [-0.4, -0.2) is 64.8 Å². The third-order valence-electron chi connectivity index (χ3n) is 2.68. The van der Waals surface area contributed by atoms with Crippen molar-refractivity contribution >= 4 is 11.9 Å². The number of rotatable bonds is 17. The summed E-state index contributed by atoms with van der Waals surface area (Å²) >= 11 is 0. The van der Waals surface area contributed by atoms with Crippen LogP contribution in [0, 0.1) is 0 Å². The van der Waals surface area contributed by atoms with Gasteiger partial charge in [-0.1, -0.05) is 0 Å². The summed E-state index contributed by atoms with van der Waals surface area (Å²) in [5.74, 6) is 8.99. The normalized spacial score (nSPS) is 10.6. The number of unbranched alkanes of at least 4 members (excludes halogenated alkanes) is 1. The van der Waals surface area contributed by atoms with E-state index in [1.54, 1.807) is 0 Å². The molecule has 0 bridgehead atoms. The van der Waals surface area contributed by atoms with Crippen LogP contribution < -0.4 is 11.8 Å². The Bertz CT molecular complexity index is 287. The summed E-state index contributed by atoms with van der Waals surface area (Å²) in [4.78, 5) is 31.4. The molecule has 0 aliphatic carbocycles. The van der Waals surface area contributed by atoms with E-state index in [1.165, 1.54) is 0 Å². The first kappa shape index (κ1) is 22.7. The second-order valence-corrected chi connectivity index (χ2v) is 4.61. The number of ether oxygens (including phenoxy) is 4. The first-order chi connectivity index (χ1) is 11.7. The van der Waals surface area contributed by atoms with Gasteiger partial charge in [0.2, 0.25) is 0 Å². The average molecular weight is 352 g/mol. The fourth-order valence-electron chi connectivity index (χ4n) is 1.53. The molecule has 0 aliphatic heterocycles. The third kappa shape index (κ3) is 17.1. The molecular weight excluding hydrogens is 324 g/mol. The van der Waals surface area contributed by atoms with Crippen molar-refractivity contribution in [2.75, 3.05) is 52.9 Å². The van der Waals surface area contributed by atoms with Crippen LogP contribution in [-0.2, 0) is 38.2 Å². The molecule has 0 radical (unpaired) electrons. The van der Waals surface area contributed by atoms with Crippen LogP contribution in [0.4, 0.5) is 0 Å². The Morgan fingerprint density at radius 3 is 1.33 bits per heavy atom. The van der Waals surface area contributed by atoms with E-state index in [4.69, 9.17) is 30.7 Å². The van der Waals surface area contributed by atoms with Gasteiger partial charge in [0.25, 0.3) is 0 Å². The minimum atomic E-state index is -0.322. The zero-order valence-corrected chi connectivity index (χ0v) is 13.9. The Kier molecular flexibility index (Phi) is 17.1. The molecule has 10 heteroatoms. The van der Waals surface area contributed by atoms with Crippen molar-refractivity contribution in [1.29, 1.82) is 0 Å². The maximum Gasteiger partial charge on any atom is 0.305 e. The maximum atomic E-state index is 11.4. The predicted octanol–water partition coefficient (Wildman–Crippen LogP) is -0.553. The molecule has 0 amide bonds. The highest BCUT2D eigenvalue weighted by Gasteiger charge is 2.06. The number of carbonyl (C=O) groups is 2. The molecule has 0 heterocycles. The molecule has 0 aromatic heterocycles. The van der Waals surface area contributed by atoms with Crippen molar-refractivity contribution in [3.8, 4) is 0 Å². The molecule has 0 spiro atoms. The summed E-state index contributed by atoms with van der Waals surface area (Å²) in [5, 5.41) is 0. The van der Waals surface area contributed by atoms with E-state index in [-0.39, 0.29) is 51.2 Å². The number of esters is 2. The van der Waals surface area contributed by atoms with Gasteiger partial charge in [0.15, 0.2) is 0 Å². The summed E-state index contributed by atoms with van der Waals surface area (Å²) < 4.78 is 20.1. The van der Waals surface area contributed by atoms with E-state index in [1.807, 2.05) is 0 Å². The molecular formula is C14H28N2O8. The van der Waals surface area contributed by atoms with Crippen molar-refractivity contribution in [2.45, 2.75) is 25.7 Å². The predicted molar refractivity (Wildman–Crippen MR) is 82.3 cm³/mol. The SMILES string of the molecule is NOCCOCCOC(=O)CCCCC(=O)OCCOCCON. The monoisotopic (exact) mass is 352 g/mol. The van der Waals surface area contributed by atoms with E-state index < -0.39 is 0 Å². The van der Waals surface area contributed by atoms with Crippen molar-refractivity contribution < 1.29 is 38.2 Å². The summed E-state index contributed by atoms with van der Waals surface area (Å²) in [6.45, 7) is 2.23. The van der Waals surface area contributed by atoms with Gasteiger partial charge in [0.1, 0.15) is 13.2 Å². The third-order valence-corrected chi connectivity index (χ3v) is 2.68. The lowest BCUT2D eigenvalue weighted by atomic mass is 10.2. The fourth-order valence-corrected chi connectivity index (χ4v) is 1.53. The Hall–Kier alpha value is -1.30. The molecule has 0 rings (SSSR count). The van der Waals surface area contributed by atoms with Crippen molar-refractivity contribution in [3.05, 3.63) is 0 Å². The zero-order valence-electron chi connectivity index (χ0n) is 13.9. The molecule has 0 aromatic rings. The lowest BCUT2D eigenvalue weighted by Crippen LogP contribution is -2.14. The zero-order chi connectivity index (χ0) is 17.9. The number of carbonyl (C=O) groups excluding carboxylic acids is 2. The number of hydrogen-bond acceptors (Lipinski definition) is 10. The molecule has 0 fully saturated rings. The van der Waals surface area contributed by atoms with Gasteiger partial charge in [0.05, 0.1) is 39.6 Å². The largest absolute Gasteiger partial charge is 0.463 e. The Labute approximate surface area is 141 Å². The molecule has 10 nitrogen and oxygen atoms in total. The van der Waals surface area contributed by atoms with Crippen LogP contribution >= 0.6 is 0 Å². The minimum Gasteiger partial charge on any atom is -0.463 e. The van der Waals surface area contributed by atoms with E-state index in [2.05, 4.69) is 9.68 Å². The molecule has 142 valence electrons. The Morgan fingerprint density at radius 2 is 0.958 bits per heavy atom. The van der Waals surface area contributed by atoms with Crippen molar-refractivity contribution in [3.63, 3.8) is 0 Å². The highest BCUT2D eigenvalue weighted by Crippen LogP contribution is 2.03. The molecule has 0 atom stereocenters. The van der Waals surface area contributed by atoms with Crippen LogP contribution in [0.15, 0.2) is 0 Å². The van der Waals surface area contributed by atoms with Crippen LogP contribution in [0.5, 0.6) is 0 Å². The quantitative estimate of drug-likeness (QED) is 0.199. The minimum absolute atomic E-state index is 0.181. The van der Waals surface area contributed by atoms with E-state index in [9.17, 15) is 9.59 Å². The second-order valence-electron chi connectivity index (χ2n) is 4.61. The first-order valence-corrected chi connectivity index (χ1v) is 7.80. The van der Waals surface area contributed by atoms with Gasteiger partial charge < -0.3 is 28.6 Å². The summed E-state index contributed by atoms with van der Waals surface area (Å²) in [6, 6.07) is 0. The van der Waals surface area contributed by atoms with Crippen LogP contribution in [0.1, 0.15) is 25.7 Å². The molecule has 24 heavy (non-hydrogen) atoms. The van der Waals surface area contributed by atoms with Gasteiger partial charge in [-0.2, -0.15) is 0 Å². The van der Waals surface area contributed by atoms with Crippen LogP contribution in [0.2, 0.25) is 0 Å². The molecule has 0 saturated heterocycles. The number of nitrogens with two attached hydrogens (primary N) is 2. The van der Waals surface area contributed by atoms with Gasteiger partial charge in [-0.05, 0) is 12.8 Å². The van der Waals surface area contributed by atoms with E-state index in [0.717, 1.165) is 0 Å². The van der Waals surface area contributed by atoms with E-state index in [0.29, 0.717) is 39.3 Å². The molecule has 0 aliphatic rings. The van der Waals surface area contributed by atoms with Gasteiger partial charge in [-0.15, -0.1) is 0 Å². The van der Waals surface area contributed by atoms with Gasteiger partial charge >= 0.3 is 11.9 Å². The van der Waals surface area contributed by atoms with Gasteiger partial charge in [0, 0.05) is 12.8 Å². The maximum absolute atomic E-state index is 11.4. The highest BCUT2D eigenvalue weighted by molar-refractivity contribution is 5.70. The lowest BCUT2D eigenvalue weighted by molar-refractivity contribution is -0.147. The average Bonchev–Trinajstić information content (AvgIpc) is 2.58. The molecule has 4 N–H and O–H groups in total. The smallest absolute Gasteiger partial charge is 0.305 e. The standard InChI is InChI=1S/C14H28N2O8/c15-23-11-7-19-5-9-21-13(17)3-1-2-4-14(18)22-10-6-20-8-12-24-16/h1-12,15-16H2. The topological polar surface area (TPSA) is 142 Å². The summed E-state index contributed by atoms with van der Waals surface area (Å²) in [7, 11) is 0. The van der Waals surface area contributed by atoms with Gasteiger partial charge in [-0.3, -0.25) is 9.59 Å². The van der Waals surface area contributed by atoms with Gasteiger partial charge in [-0.25, -0.2) is 11.8 Å². The van der Waals surface area contributed by atoms with Crippen molar-refractivity contribution in [2.24, 2.45) is 11.8 Å². The Morgan fingerprint density at radius 1 is 0.583 bits per heavy atom. The molecule has 0 unspecified atom stereocenters. The lowest BCUT2D eigenvalue weighted by Gasteiger charge is -2.06. The molecule has 0 aromatic carbocycles. The first-order valence-electron chi connectivity index (χ1n) is 7.80. The molecule has 0 saturated carbocycles. The number of hydrogen-bond donors (Lipinski definition) is 2. The van der Waals surface area contributed by atoms with Crippen LogP contribution in [0.3, 0.4) is 0 Å². The summed E-state index contributed by atoms with van der Waals surface area (Å²) in [6.07, 6.45) is 1.61. The second kappa shape index (κ2) is 18.0. The highest BCUT2D eigenvalue weighted by atomic mass is 16.6. The van der Waals surface area contributed by atoms with Crippen molar-refractivity contribution in [1.82, 2.24) is 0 Å². The Balaban J connectivity index is 3.31. The fraction of sp³-hybridized carbons (Fsp3) is 0.857. The van der Waals surface area contributed by atoms with E-state index >= 15 is 0 Å². The summed E-state index contributed by atoms with van der Waals surface area (Å²) in [5.41, 5.74) is 0. The van der Waals surface area contributed by atoms with Crippen LogP contribution in [0.25, 0.3) is 0 Å².